The topological polar surface area (TPSA) is 209 Å². The van der Waals surface area contributed by atoms with Gasteiger partial charge in [-0.15, -0.1) is 0 Å². The molecular weight excluding hydrogens is 508 g/mol. The zero-order valence-electron chi connectivity index (χ0n) is 19.6. The van der Waals surface area contributed by atoms with Crippen LogP contribution in [0.4, 0.5) is 0 Å². The molecule has 1 aliphatic rings. The van der Waals surface area contributed by atoms with Crippen LogP contribution >= 0.6 is 0 Å². The van der Waals surface area contributed by atoms with Crippen LogP contribution in [0.2, 0.25) is 0 Å². The van der Waals surface area contributed by atoms with Crippen molar-refractivity contribution in [3.63, 3.8) is 0 Å². The molecule has 13 heteroatoms. The minimum atomic E-state index is -1.80. The van der Waals surface area contributed by atoms with Crippen LogP contribution in [0.1, 0.15) is 0 Å². The largest absolute Gasteiger partial charge is 0.504 e. The lowest BCUT2D eigenvalue weighted by molar-refractivity contribution is -0.277. The summed E-state index contributed by atoms with van der Waals surface area (Å²) >= 11 is 0. The highest BCUT2D eigenvalue weighted by molar-refractivity contribution is 6.06. The number of ether oxygens (including phenoxy) is 3. The molecule has 38 heavy (non-hydrogen) atoms. The molecule has 1 aliphatic heterocycles. The summed E-state index contributed by atoms with van der Waals surface area (Å²) in [4.78, 5) is 24.6. The monoisotopic (exact) mass is 530 g/mol. The zero-order valence-corrected chi connectivity index (χ0v) is 19.6. The van der Waals surface area contributed by atoms with Crippen molar-refractivity contribution in [1.82, 2.24) is 0 Å². The third-order valence-electron chi connectivity index (χ3n) is 6.26. The molecule has 13 nitrogen and oxygen atoms in total. The van der Waals surface area contributed by atoms with Crippen LogP contribution in [-0.2, 0) is 4.74 Å². The first-order valence-electron chi connectivity index (χ1n) is 11.3. The number of aliphatic hydroxyl groups is 4. The van der Waals surface area contributed by atoms with E-state index in [2.05, 4.69) is 0 Å². The molecule has 5 atom stereocenters. The van der Waals surface area contributed by atoms with Crippen LogP contribution in [0.5, 0.6) is 23.0 Å². The van der Waals surface area contributed by atoms with Gasteiger partial charge in [-0.25, -0.2) is 9.59 Å². The van der Waals surface area contributed by atoms with Crippen LogP contribution in [-0.4, -0.2) is 75.1 Å². The number of aromatic hydroxyl groups is 2. The van der Waals surface area contributed by atoms with Crippen molar-refractivity contribution >= 4 is 21.9 Å². The van der Waals surface area contributed by atoms with E-state index in [1.165, 1.54) is 31.4 Å². The molecule has 200 valence electrons. The number of benzene rings is 2. The maximum absolute atomic E-state index is 12.5. The lowest BCUT2D eigenvalue weighted by Crippen LogP contribution is -2.60. The van der Waals surface area contributed by atoms with E-state index >= 15 is 0 Å². The van der Waals surface area contributed by atoms with Gasteiger partial charge in [-0.05, 0) is 30.3 Å². The summed E-state index contributed by atoms with van der Waals surface area (Å²) in [5.74, 6) is -1.78. The molecule has 4 aromatic rings. The van der Waals surface area contributed by atoms with Gasteiger partial charge in [0.05, 0.1) is 24.8 Å². The fourth-order valence-corrected chi connectivity index (χ4v) is 4.33. The van der Waals surface area contributed by atoms with Gasteiger partial charge in [0.1, 0.15) is 35.7 Å². The Morgan fingerprint density at radius 1 is 0.842 bits per heavy atom. The molecule has 5 rings (SSSR count). The highest BCUT2D eigenvalue weighted by Gasteiger charge is 2.45. The number of hydrogen-bond donors (Lipinski definition) is 6. The average Bonchev–Trinajstić information content (AvgIpc) is 2.90. The predicted octanol–water partition coefficient (Wildman–Crippen LogP) is 0.165. The summed E-state index contributed by atoms with van der Waals surface area (Å²) in [5.41, 5.74) is -2.56. The number of methoxy groups -OCH3 is 1. The number of hydrogen-bond acceptors (Lipinski definition) is 13. The highest BCUT2D eigenvalue weighted by Crippen LogP contribution is 2.48. The smallest absolute Gasteiger partial charge is 0.379 e. The van der Waals surface area contributed by atoms with Crippen LogP contribution in [0.3, 0.4) is 0 Å². The Morgan fingerprint density at radius 3 is 2.26 bits per heavy atom. The molecule has 0 unspecified atom stereocenters. The average molecular weight is 530 g/mol. The zero-order chi connectivity index (χ0) is 27.3. The predicted molar refractivity (Wildman–Crippen MR) is 128 cm³/mol. The Balaban J connectivity index is 1.80. The summed E-state index contributed by atoms with van der Waals surface area (Å²) < 4.78 is 27.0. The number of aliphatic hydroxyl groups excluding tert-OH is 4. The molecule has 0 aliphatic carbocycles. The quantitative estimate of drug-likeness (QED) is 0.150. The number of rotatable bonds is 5. The normalized spacial score (nSPS) is 23.6. The second kappa shape index (κ2) is 9.63. The first kappa shape index (κ1) is 25.5. The van der Waals surface area contributed by atoms with Crippen molar-refractivity contribution in [2.45, 2.75) is 30.7 Å². The van der Waals surface area contributed by atoms with Crippen LogP contribution in [0.25, 0.3) is 33.1 Å². The van der Waals surface area contributed by atoms with Gasteiger partial charge in [0.15, 0.2) is 17.1 Å². The molecule has 2 aromatic carbocycles. The third-order valence-corrected chi connectivity index (χ3v) is 6.26. The van der Waals surface area contributed by atoms with E-state index in [1.54, 1.807) is 0 Å². The second-order valence-corrected chi connectivity index (χ2v) is 8.57. The van der Waals surface area contributed by atoms with E-state index < -0.39 is 60.1 Å². The molecule has 0 radical (unpaired) electrons. The van der Waals surface area contributed by atoms with E-state index in [9.17, 15) is 40.2 Å². The lowest BCUT2D eigenvalue weighted by Gasteiger charge is -2.39. The van der Waals surface area contributed by atoms with Gasteiger partial charge < -0.3 is 53.7 Å². The second-order valence-electron chi connectivity index (χ2n) is 8.57. The van der Waals surface area contributed by atoms with Gasteiger partial charge in [0.2, 0.25) is 12.0 Å². The van der Waals surface area contributed by atoms with E-state index in [4.69, 9.17) is 23.0 Å². The van der Waals surface area contributed by atoms with E-state index in [1.807, 2.05) is 0 Å². The van der Waals surface area contributed by atoms with Crippen molar-refractivity contribution in [1.29, 1.82) is 0 Å². The van der Waals surface area contributed by atoms with Crippen molar-refractivity contribution in [3.05, 3.63) is 57.2 Å². The van der Waals surface area contributed by atoms with Crippen LogP contribution in [0.15, 0.2) is 54.8 Å². The van der Waals surface area contributed by atoms with Crippen molar-refractivity contribution in [2.75, 3.05) is 13.7 Å². The third kappa shape index (κ3) is 4.12. The molecule has 1 saturated heterocycles. The van der Waals surface area contributed by atoms with Crippen molar-refractivity contribution in [3.8, 4) is 34.1 Å². The molecule has 1 fully saturated rings. The van der Waals surface area contributed by atoms with Crippen molar-refractivity contribution < 1.29 is 53.7 Å². The fraction of sp³-hybridized carbons (Fsp3) is 0.280. The van der Waals surface area contributed by atoms with E-state index in [0.717, 1.165) is 12.1 Å². The Kier molecular flexibility index (Phi) is 6.46. The van der Waals surface area contributed by atoms with Gasteiger partial charge in [-0.3, -0.25) is 0 Å². The first-order chi connectivity index (χ1) is 18.1. The van der Waals surface area contributed by atoms with Gasteiger partial charge >= 0.3 is 11.3 Å². The Bertz CT molecular complexity index is 1640. The molecule has 0 spiro atoms. The van der Waals surface area contributed by atoms with Gasteiger partial charge in [-0.2, -0.15) is 0 Å². The molecule has 0 bridgehead atoms. The Labute approximate surface area is 211 Å². The summed E-state index contributed by atoms with van der Waals surface area (Å²) in [6.45, 7) is -0.713. The standard InChI is InChI=1S/C25H22O13/c1-34-13-7-10-6-11(27)18(29)17(23(10)38-24(13)33)16-12(4-2-9-3-5-15(28)37-22(9)16)35-25-21(32)20(31)19(30)14(8-26)36-25/h2-7,14,19-21,25-27,29-32H,8H2,1H3/t14-,19-,20+,21-,25-/m1/s1. The minimum absolute atomic E-state index is 0.126. The summed E-state index contributed by atoms with van der Waals surface area (Å²) in [6.07, 6.45) is -8.15. The van der Waals surface area contributed by atoms with Crippen LogP contribution < -0.4 is 20.7 Å². The van der Waals surface area contributed by atoms with Gasteiger partial charge in [0, 0.05) is 16.8 Å². The SMILES string of the molecule is COc1cc2cc(O)c(O)c(-c3c(O[C@@H]4O[C@H](CO)[C@@H](O)[C@H](O)[C@H]4O)ccc4ccc(=O)oc34)c2oc1=O. The Hall–Kier alpha value is -4.14. The fourth-order valence-electron chi connectivity index (χ4n) is 4.33. The van der Waals surface area contributed by atoms with Crippen molar-refractivity contribution in [2.24, 2.45) is 0 Å². The molecule has 2 aromatic heterocycles. The summed E-state index contributed by atoms with van der Waals surface area (Å²) in [5, 5.41) is 62.2. The van der Waals surface area contributed by atoms with E-state index in [0.29, 0.717) is 5.39 Å². The number of fused-ring (bicyclic) bond motifs is 2. The van der Waals surface area contributed by atoms with Gasteiger partial charge in [-0.1, -0.05) is 0 Å². The summed E-state index contributed by atoms with van der Waals surface area (Å²) in [6, 6.07) is 7.79. The van der Waals surface area contributed by atoms with Crippen LogP contribution in [0, 0.1) is 0 Å². The maximum atomic E-state index is 12.5. The number of phenolic OH excluding ortho intramolecular Hbond substituents is 2. The number of phenols is 2. The maximum Gasteiger partial charge on any atom is 0.379 e. The first-order valence-corrected chi connectivity index (χ1v) is 11.3. The Morgan fingerprint density at radius 2 is 1.55 bits per heavy atom. The highest BCUT2D eigenvalue weighted by atomic mass is 16.7. The summed E-state index contributed by atoms with van der Waals surface area (Å²) in [7, 11) is 1.24. The minimum Gasteiger partial charge on any atom is -0.504 e. The molecule has 6 N–H and O–H groups in total. The molecule has 0 amide bonds. The molecular formula is C25H22O13. The molecule has 3 heterocycles. The molecule has 0 saturated carbocycles. The van der Waals surface area contributed by atoms with E-state index in [-0.39, 0.29) is 39.2 Å². The lowest BCUT2D eigenvalue weighted by atomic mass is 9.97. The van der Waals surface area contributed by atoms with Gasteiger partial charge in [0.25, 0.3) is 0 Å².